The fraction of sp³-hybridized carbons (Fsp3) is 0.883. The number of hydrogen-bond acceptors (Lipinski definition) is 37. The fourth-order valence-corrected chi connectivity index (χ4v) is 14.6. The monoisotopic (exact) mass is 1810 g/mol. The highest BCUT2D eigenvalue weighted by atomic mass is 31.2. The number of nitrogens with one attached hydrogen (secondary N) is 8. The molecule has 9 amide bonds. The first-order valence-electron chi connectivity index (χ1n) is 42.0. The van der Waals surface area contributed by atoms with Gasteiger partial charge < -0.3 is 180 Å². The zero-order valence-electron chi connectivity index (χ0n) is 72.5. The topological polar surface area (TPSA) is 676 Å². The molecule has 720 valence electrons. The Balaban J connectivity index is 0.000000786. The molecule has 5 heterocycles. The Morgan fingerprint density at radius 1 is 0.452 bits per heavy atom. The van der Waals surface area contributed by atoms with E-state index in [4.69, 9.17) is 61.2 Å². The fourth-order valence-electron chi connectivity index (χ4n) is 13.6. The Morgan fingerprint density at radius 3 is 1.24 bits per heavy atom. The first kappa shape index (κ1) is 111. The van der Waals surface area contributed by atoms with E-state index in [1.54, 1.807) is 48.5 Å². The van der Waals surface area contributed by atoms with E-state index in [-0.39, 0.29) is 181 Å². The SMILES string of the molecule is CC(=O)NC1[C@H](OCCCNC(=O)CCCCC(COCCC(=O)NCCCO[C@@H]2OC(CO)[C@H](O)[C@H](O)C2NC(C)=O)(COCCC(=O)NCCCO[C@@H]2OC(CO)[C@H](O)[C@H](O)C2NC(C)=O)NC(=O)CCC(=O)NCOC(C)(C)C)OC(CO)[C@H](O)[C@@H]1O.CC1C(OCCCCC(=O)N2C[C@H](O)C[C@H]2COP(=O)([O-])OC(C)(C)C)OC(CO)C(O)C1O. The zero-order valence-corrected chi connectivity index (χ0v) is 73.4. The molecule has 0 spiro atoms. The molecule has 46 nitrogen and oxygen atoms in total. The normalized spacial score (nSPS) is 29.4. The van der Waals surface area contributed by atoms with Crippen molar-refractivity contribution in [1.82, 2.24) is 47.4 Å². The number of aliphatic hydroxyl groups excluding tert-OH is 13. The third kappa shape index (κ3) is 40.6. The van der Waals surface area contributed by atoms with Crippen molar-refractivity contribution in [2.75, 3.05) is 119 Å². The maximum atomic E-state index is 13.8. The van der Waals surface area contributed by atoms with Gasteiger partial charge in [0.2, 0.25) is 53.2 Å². The number of rotatable bonds is 53. The third-order valence-electron chi connectivity index (χ3n) is 20.1. The van der Waals surface area contributed by atoms with Crippen LogP contribution in [0.4, 0.5) is 0 Å². The highest BCUT2D eigenvalue weighted by Gasteiger charge is 2.49. The van der Waals surface area contributed by atoms with Crippen molar-refractivity contribution in [3.8, 4) is 0 Å². The number of aliphatic hydroxyl groups is 13. The van der Waals surface area contributed by atoms with Gasteiger partial charge in [0.05, 0.1) is 114 Å². The van der Waals surface area contributed by atoms with Gasteiger partial charge in [-0.1, -0.05) is 13.3 Å². The summed E-state index contributed by atoms with van der Waals surface area (Å²) < 4.78 is 84.5. The summed E-state index contributed by atoms with van der Waals surface area (Å²) in [7, 11) is -4.55. The number of carbonyl (C=O) groups excluding carboxylic acids is 9. The maximum absolute atomic E-state index is 13.8. The summed E-state index contributed by atoms with van der Waals surface area (Å²) in [6.45, 7) is 12.5. The number of carbonyl (C=O) groups is 9. The summed E-state index contributed by atoms with van der Waals surface area (Å²) in [5, 5.41) is 152. The molecule has 0 radical (unpaired) electrons. The lowest BCUT2D eigenvalue weighted by molar-refractivity contribution is -0.282. The molecule has 5 rings (SSSR count). The van der Waals surface area contributed by atoms with E-state index in [9.17, 15) is 119 Å². The number of ether oxygens (including phenoxy) is 11. The minimum atomic E-state index is -4.55. The summed E-state index contributed by atoms with van der Waals surface area (Å²) in [5.41, 5.74) is -2.86. The highest BCUT2D eigenvalue weighted by Crippen LogP contribution is 2.44. The van der Waals surface area contributed by atoms with E-state index in [2.05, 4.69) is 42.5 Å². The molecule has 5 aliphatic rings. The van der Waals surface area contributed by atoms with Crippen LogP contribution in [-0.2, 0) is 109 Å². The van der Waals surface area contributed by atoms with Crippen molar-refractivity contribution < 1.29 is 180 Å². The lowest BCUT2D eigenvalue weighted by atomic mass is 9.92. The Bertz CT molecular complexity index is 3050. The van der Waals surface area contributed by atoms with Crippen LogP contribution in [0.25, 0.3) is 0 Å². The van der Waals surface area contributed by atoms with Gasteiger partial charge in [-0.25, -0.2) is 0 Å². The van der Waals surface area contributed by atoms with Crippen LogP contribution in [0.15, 0.2) is 0 Å². The molecular formula is C77H139N9O37P-. The molecule has 5 aliphatic heterocycles. The van der Waals surface area contributed by atoms with Crippen LogP contribution >= 0.6 is 7.82 Å². The number of phosphoric acid groups is 1. The number of nitrogens with zero attached hydrogens (tertiary/aromatic N) is 1. The number of hydrogen-bond donors (Lipinski definition) is 21. The Kier molecular flexibility index (Phi) is 50.1. The van der Waals surface area contributed by atoms with Crippen LogP contribution in [0, 0.1) is 5.92 Å². The van der Waals surface area contributed by atoms with Crippen LogP contribution in [0.5, 0.6) is 0 Å². The van der Waals surface area contributed by atoms with Crippen molar-refractivity contribution in [3.05, 3.63) is 0 Å². The molecular weight excluding hydrogens is 1670 g/mol. The molecule has 0 aromatic heterocycles. The van der Waals surface area contributed by atoms with E-state index >= 15 is 0 Å². The molecule has 12 unspecified atom stereocenters. The van der Waals surface area contributed by atoms with Crippen LogP contribution in [0.3, 0.4) is 0 Å². The first-order chi connectivity index (χ1) is 58.4. The van der Waals surface area contributed by atoms with Crippen LogP contribution < -0.4 is 47.4 Å². The van der Waals surface area contributed by atoms with Gasteiger partial charge in [0, 0.05) is 98.0 Å². The smallest absolute Gasteiger partial charge is 0.268 e. The second-order valence-corrected chi connectivity index (χ2v) is 34.4. The van der Waals surface area contributed by atoms with Crippen molar-refractivity contribution >= 4 is 61.0 Å². The highest BCUT2D eigenvalue weighted by molar-refractivity contribution is 7.45. The lowest BCUT2D eigenvalue weighted by Crippen LogP contribution is -2.64. The molecule has 124 heavy (non-hydrogen) atoms. The van der Waals surface area contributed by atoms with Crippen molar-refractivity contribution in [3.63, 3.8) is 0 Å². The van der Waals surface area contributed by atoms with Gasteiger partial charge in [-0.3, -0.25) is 47.7 Å². The van der Waals surface area contributed by atoms with Crippen molar-refractivity contribution in [2.24, 2.45) is 5.92 Å². The van der Waals surface area contributed by atoms with Gasteiger partial charge in [-0.15, -0.1) is 0 Å². The summed E-state index contributed by atoms with van der Waals surface area (Å²) in [4.78, 5) is 127. The minimum absolute atomic E-state index is 0.0136. The van der Waals surface area contributed by atoms with Gasteiger partial charge in [-0.2, -0.15) is 0 Å². The van der Waals surface area contributed by atoms with Gasteiger partial charge in [0.15, 0.2) is 25.2 Å². The Morgan fingerprint density at radius 2 is 0.831 bits per heavy atom. The van der Waals surface area contributed by atoms with Gasteiger partial charge in [0.1, 0.15) is 92.0 Å². The van der Waals surface area contributed by atoms with E-state index in [1.165, 1.54) is 25.7 Å². The summed E-state index contributed by atoms with van der Waals surface area (Å²) in [6, 6.07) is -4.03. The maximum Gasteiger partial charge on any atom is 0.268 e. The number of unbranched alkanes of at least 4 members (excludes halogenated alkanes) is 2. The molecule has 0 bridgehead atoms. The van der Waals surface area contributed by atoms with Gasteiger partial charge in [0.25, 0.3) is 7.82 Å². The average molecular weight is 1810 g/mol. The Hall–Kier alpha value is -5.62. The standard InChI is InChI=1S/C56H100N8O26.C21H40NO11P/c1-32(68)61-43-49(79)46(76)35(26-65)88-52(43)84-21-9-18-57-38(71)12-7-8-17-56(64-42(75)14-13-39(72)60-31-87-55(4,5)6,29-82-24-15-40(73)58-19-10-22-85-53-44(62-33(2)69)50(80)47(77)36(27-66)89-53)30-83-25-16-41(74)59-20-11-23-86-54-45(63-34(3)70)51(81)48(78)37(28-67)90-54;1-13-18(26)19(27)16(11-23)32-20(13)30-8-6-5-7-17(25)22-10-15(24)9-14(22)12-31-34(28,29)33-21(2,3)4/h35-37,43-54,65-67,76-81H,7-31H2,1-6H3,(H,57,71)(H,58,73)(H,59,74)(H,60,72)(H,61,68)(H,62,69)(H,63,70)(H,64,75);13-16,18-20,23-24,26-27H,5-12H2,1-4H3,(H,28,29)/p-1/t35?,36?,37?,43?,44?,45?,46-,47-,48-,49+,50+,51+,52+,53+,54+,56?;13?,14-,15+,16?,18?,19?,20?/m00/s1. The first-order valence-corrected chi connectivity index (χ1v) is 43.4. The van der Waals surface area contributed by atoms with E-state index < -0.39 is 227 Å². The number of amides is 9. The van der Waals surface area contributed by atoms with Crippen LogP contribution in [-0.4, -0.2) is 389 Å². The average Bonchev–Trinajstić information content (AvgIpc) is 1.19. The summed E-state index contributed by atoms with van der Waals surface area (Å²) >= 11 is 0. The van der Waals surface area contributed by atoms with Crippen LogP contribution in [0.1, 0.15) is 166 Å². The molecule has 0 saturated carbocycles. The number of likely N-dealkylation sites (tertiary alicyclic amines) is 1. The van der Waals surface area contributed by atoms with Gasteiger partial charge >= 0.3 is 0 Å². The van der Waals surface area contributed by atoms with Crippen LogP contribution in [0.2, 0.25) is 0 Å². The summed E-state index contributed by atoms with van der Waals surface area (Å²) in [6.07, 6.45) is -19.0. The molecule has 23 atom stereocenters. The lowest BCUT2D eigenvalue weighted by Gasteiger charge is -2.42. The minimum Gasteiger partial charge on any atom is -0.756 e. The second kappa shape index (κ2) is 56.1. The van der Waals surface area contributed by atoms with Gasteiger partial charge in [-0.05, 0) is 92.9 Å². The molecule has 5 saturated heterocycles. The molecule has 47 heteroatoms. The number of phosphoric ester groups is 1. The predicted molar refractivity (Wildman–Crippen MR) is 427 cm³/mol. The molecule has 0 aliphatic carbocycles. The van der Waals surface area contributed by atoms with E-state index in [0.717, 1.165) is 0 Å². The third-order valence-corrected chi connectivity index (χ3v) is 21.3. The number of β-amino-alcohol motifs (C(OH)–C–C–N with tert-alkyl or cyclic N) is 1. The van der Waals surface area contributed by atoms with Crippen molar-refractivity contribution in [1.29, 1.82) is 0 Å². The molecule has 21 N–H and O–H groups in total. The molecule has 0 aromatic carbocycles. The van der Waals surface area contributed by atoms with Crippen molar-refractivity contribution in [2.45, 2.75) is 311 Å². The molecule has 5 fully saturated rings. The molecule has 0 aromatic rings. The zero-order chi connectivity index (χ0) is 92.7. The second-order valence-electron chi connectivity index (χ2n) is 33.1. The van der Waals surface area contributed by atoms with E-state index in [0.29, 0.717) is 19.3 Å². The van der Waals surface area contributed by atoms with E-state index in [1.807, 2.05) is 0 Å². The summed E-state index contributed by atoms with van der Waals surface area (Å²) in [5.74, 6) is -4.55. The predicted octanol–water partition coefficient (Wildman–Crippen LogP) is -7.21. The quantitative estimate of drug-likeness (QED) is 0.0153. The largest absolute Gasteiger partial charge is 0.756 e. The Labute approximate surface area is 721 Å².